The van der Waals surface area contributed by atoms with E-state index >= 15 is 0 Å². The zero-order chi connectivity index (χ0) is 13.1. The van der Waals surface area contributed by atoms with Crippen molar-refractivity contribution in [2.24, 2.45) is 0 Å². The minimum atomic E-state index is -0.480. The average molecular weight is 250 g/mol. The Morgan fingerprint density at radius 2 is 2.06 bits per heavy atom. The molecule has 0 atom stereocenters. The zero-order valence-corrected chi connectivity index (χ0v) is 9.74. The molecule has 94 valence electrons. The highest BCUT2D eigenvalue weighted by molar-refractivity contribution is 5.53. The van der Waals surface area contributed by atoms with E-state index in [1.165, 1.54) is 6.33 Å². The van der Waals surface area contributed by atoms with E-state index in [1.54, 1.807) is 6.92 Å². The summed E-state index contributed by atoms with van der Waals surface area (Å²) in [4.78, 5) is 7.81. The van der Waals surface area contributed by atoms with E-state index in [0.29, 0.717) is 17.2 Å². The van der Waals surface area contributed by atoms with E-state index in [0.717, 1.165) is 18.2 Å². The van der Waals surface area contributed by atoms with Gasteiger partial charge in [0.25, 0.3) is 0 Å². The summed E-state index contributed by atoms with van der Waals surface area (Å²) < 4.78 is 26.4. The minimum Gasteiger partial charge on any atom is -0.383 e. The molecule has 0 spiro atoms. The number of aromatic nitrogens is 2. The predicted octanol–water partition coefficient (Wildman–Crippen LogP) is 2.26. The number of anilines is 2. The molecule has 1 aromatic heterocycles. The van der Waals surface area contributed by atoms with Crippen LogP contribution >= 0.6 is 0 Å². The van der Waals surface area contributed by atoms with E-state index in [9.17, 15) is 8.78 Å². The van der Waals surface area contributed by atoms with Gasteiger partial charge in [0.1, 0.15) is 29.6 Å². The van der Waals surface area contributed by atoms with Crippen molar-refractivity contribution in [3.63, 3.8) is 0 Å². The van der Waals surface area contributed by atoms with Crippen molar-refractivity contribution >= 4 is 11.6 Å². The van der Waals surface area contributed by atoms with Gasteiger partial charge in [0.15, 0.2) is 0 Å². The van der Waals surface area contributed by atoms with Gasteiger partial charge in [-0.05, 0) is 25.1 Å². The molecule has 3 N–H and O–H groups in total. The number of hydrogen-bond acceptors (Lipinski definition) is 4. The van der Waals surface area contributed by atoms with Gasteiger partial charge in [-0.25, -0.2) is 18.7 Å². The molecule has 0 aliphatic carbocycles. The number of nitrogens with two attached hydrogens (primary N) is 1. The van der Waals surface area contributed by atoms with Gasteiger partial charge >= 0.3 is 0 Å². The molecule has 4 nitrogen and oxygen atoms in total. The molecular formula is C12H12F2N4. The second kappa shape index (κ2) is 4.95. The monoisotopic (exact) mass is 250 g/mol. The maximum absolute atomic E-state index is 13.4. The third kappa shape index (κ3) is 2.53. The van der Waals surface area contributed by atoms with Crippen LogP contribution in [0.1, 0.15) is 11.1 Å². The molecule has 18 heavy (non-hydrogen) atoms. The first-order chi connectivity index (χ1) is 8.58. The fourth-order valence-corrected chi connectivity index (χ4v) is 1.50. The van der Waals surface area contributed by atoms with Crippen LogP contribution in [0, 0.1) is 18.6 Å². The van der Waals surface area contributed by atoms with Gasteiger partial charge in [-0.3, -0.25) is 0 Å². The van der Waals surface area contributed by atoms with Crippen LogP contribution in [-0.2, 0) is 6.54 Å². The van der Waals surface area contributed by atoms with Crippen molar-refractivity contribution in [2.45, 2.75) is 13.5 Å². The average Bonchev–Trinajstić information content (AvgIpc) is 2.35. The molecule has 0 aliphatic rings. The van der Waals surface area contributed by atoms with Crippen molar-refractivity contribution in [3.05, 3.63) is 47.3 Å². The zero-order valence-electron chi connectivity index (χ0n) is 9.74. The van der Waals surface area contributed by atoms with Crippen LogP contribution in [0.4, 0.5) is 20.4 Å². The largest absolute Gasteiger partial charge is 0.383 e. The quantitative estimate of drug-likeness (QED) is 0.877. The summed E-state index contributed by atoms with van der Waals surface area (Å²) in [6, 6.07) is 3.31. The van der Waals surface area contributed by atoms with Gasteiger partial charge in [0.05, 0.1) is 0 Å². The minimum absolute atomic E-state index is 0.126. The number of nitrogen functional groups attached to an aromatic ring is 1. The fraction of sp³-hybridized carbons (Fsp3) is 0.167. The lowest BCUT2D eigenvalue weighted by Gasteiger charge is -2.09. The molecule has 0 radical (unpaired) electrons. The maximum Gasteiger partial charge on any atom is 0.134 e. The van der Waals surface area contributed by atoms with Crippen molar-refractivity contribution < 1.29 is 8.78 Å². The summed E-state index contributed by atoms with van der Waals surface area (Å²) >= 11 is 0. The summed E-state index contributed by atoms with van der Waals surface area (Å²) in [5.41, 5.74) is 6.52. The van der Waals surface area contributed by atoms with Gasteiger partial charge in [0, 0.05) is 17.7 Å². The maximum atomic E-state index is 13.4. The third-order valence-corrected chi connectivity index (χ3v) is 2.58. The second-order valence-corrected chi connectivity index (χ2v) is 3.82. The highest BCUT2D eigenvalue weighted by atomic mass is 19.1. The number of halogens is 2. The molecule has 2 rings (SSSR count). The molecule has 1 aromatic carbocycles. The molecule has 0 unspecified atom stereocenters. The number of rotatable bonds is 3. The van der Waals surface area contributed by atoms with Crippen LogP contribution in [0.15, 0.2) is 24.5 Å². The molecule has 0 aliphatic heterocycles. The molecular weight excluding hydrogens is 238 g/mol. The Hall–Kier alpha value is -2.24. The first-order valence-electron chi connectivity index (χ1n) is 5.33. The number of hydrogen-bond donors (Lipinski definition) is 2. The van der Waals surface area contributed by atoms with Crippen molar-refractivity contribution in [1.82, 2.24) is 9.97 Å². The Bertz CT molecular complexity index is 570. The smallest absolute Gasteiger partial charge is 0.134 e. The first-order valence-corrected chi connectivity index (χ1v) is 5.33. The van der Waals surface area contributed by atoms with E-state index in [2.05, 4.69) is 15.3 Å². The molecule has 0 saturated heterocycles. The number of benzene rings is 1. The number of nitrogens with zero attached hydrogens (tertiary/aromatic N) is 2. The fourth-order valence-electron chi connectivity index (χ4n) is 1.50. The molecule has 2 aromatic rings. The Balaban J connectivity index is 2.16. The lowest BCUT2D eigenvalue weighted by Crippen LogP contribution is -2.07. The standard InChI is InChI=1S/C12H12F2N4/c1-7-11(15)17-6-18-12(7)16-5-8-4-9(13)2-3-10(8)14/h2-4,6H,5H2,1H3,(H3,15,16,17,18). The number of nitrogens with one attached hydrogen (secondary N) is 1. The highest BCUT2D eigenvalue weighted by Gasteiger charge is 2.07. The predicted molar refractivity (Wildman–Crippen MR) is 64.9 cm³/mol. The van der Waals surface area contributed by atoms with Gasteiger partial charge in [-0.2, -0.15) is 0 Å². The molecule has 1 heterocycles. The Morgan fingerprint density at radius 1 is 1.28 bits per heavy atom. The first kappa shape index (κ1) is 12.2. The van der Waals surface area contributed by atoms with Crippen LogP contribution in [0.25, 0.3) is 0 Å². The van der Waals surface area contributed by atoms with Crippen LogP contribution in [0.5, 0.6) is 0 Å². The van der Waals surface area contributed by atoms with Gasteiger partial charge in [-0.15, -0.1) is 0 Å². The molecule has 0 saturated carbocycles. The lowest BCUT2D eigenvalue weighted by molar-refractivity contribution is 0.587. The summed E-state index contributed by atoms with van der Waals surface area (Å²) in [5.74, 6) is -0.0888. The molecule has 0 bridgehead atoms. The van der Waals surface area contributed by atoms with Gasteiger partial charge < -0.3 is 11.1 Å². The van der Waals surface area contributed by atoms with Gasteiger partial charge in [0.2, 0.25) is 0 Å². The van der Waals surface area contributed by atoms with Crippen molar-refractivity contribution in [1.29, 1.82) is 0 Å². The van der Waals surface area contributed by atoms with Gasteiger partial charge in [-0.1, -0.05) is 0 Å². The Labute approximate surface area is 103 Å². The normalized spacial score (nSPS) is 10.4. The Kier molecular flexibility index (Phi) is 3.36. The summed E-state index contributed by atoms with van der Waals surface area (Å²) in [7, 11) is 0. The van der Waals surface area contributed by atoms with Crippen LogP contribution < -0.4 is 11.1 Å². The van der Waals surface area contributed by atoms with E-state index < -0.39 is 11.6 Å². The van der Waals surface area contributed by atoms with E-state index in [-0.39, 0.29) is 12.1 Å². The van der Waals surface area contributed by atoms with E-state index in [4.69, 9.17) is 5.73 Å². The summed E-state index contributed by atoms with van der Waals surface area (Å²) in [6.07, 6.45) is 1.31. The third-order valence-electron chi connectivity index (χ3n) is 2.58. The molecule has 0 amide bonds. The highest BCUT2D eigenvalue weighted by Crippen LogP contribution is 2.17. The topological polar surface area (TPSA) is 63.8 Å². The van der Waals surface area contributed by atoms with Crippen LogP contribution in [-0.4, -0.2) is 9.97 Å². The van der Waals surface area contributed by atoms with Crippen LogP contribution in [0.2, 0.25) is 0 Å². The van der Waals surface area contributed by atoms with E-state index in [1.807, 2.05) is 0 Å². The molecule has 6 heteroatoms. The second-order valence-electron chi connectivity index (χ2n) is 3.82. The summed E-state index contributed by atoms with van der Waals surface area (Å²) in [6.45, 7) is 1.88. The van der Waals surface area contributed by atoms with Crippen molar-refractivity contribution in [2.75, 3.05) is 11.1 Å². The molecule has 0 fully saturated rings. The lowest BCUT2D eigenvalue weighted by atomic mass is 10.2. The Morgan fingerprint density at radius 3 is 2.83 bits per heavy atom. The SMILES string of the molecule is Cc1c(N)ncnc1NCc1cc(F)ccc1F. The van der Waals surface area contributed by atoms with Crippen LogP contribution in [0.3, 0.4) is 0 Å². The van der Waals surface area contributed by atoms with Crippen molar-refractivity contribution in [3.8, 4) is 0 Å². The summed E-state index contributed by atoms with van der Waals surface area (Å²) in [5, 5.41) is 2.90.